The number of hydrogen-bond donors (Lipinski definition) is 3. The average molecular weight is 1330 g/mol. The van der Waals surface area contributed by atoms with Gasteiger partial charge in [0.2, 0.25) is 0 Å². The number of aliphatic hydroxyl groups excluding tert-OH is 1. The molecule has 0 amide bonds. The summed E-state index contributed by atoms with van der Waals surface area (Å²) in [4.78, 5) is 72.5. The highest BCUT2D eigenvalue weighted by Crippen LogP contribution is 2.45. The summed E-state index contributed by atoms with van der Waals surface area (Å²) >= 11 is 0. The van der Waals surface area contributed by atoms with Crippen molar-refractivity contribution in [3.05, 3.63) is 0 Å². The van der Waals surface area contributed by atoms with Crippen molar-refractivity contribution in [2.24, 2.45) is 23.7 Å². The minimum Gasteiger partial charge on any atom is -0.462 e. The molecule has 0 bridgehead atoms. The van der Waals surface area contributed by atoms with Crippen molar-refractivity contribution < 1.29 is 80.2 Å². The van der Waals surface area contributed by atoms with E-state index in [1.165, 1.54) is 148 Å². The van der Waals surface area contributed by atoms with E-state index in [4.69, 9.17) is 37.0 Å². The first-order valence-corrected chi connectivity index (χ1v) is 39.8. The minimum absolute atomic E-state index is 0.103. The van der Waals surface area contributed by atoms with Gasteiger partial charge in [-0.15, -0.1) is 0 Å². The van der Waals surface area contributed by atoms with Gasteiger partial charge in [0.05, 0.1) is 26.4 Å². The first kappa shape index (κ1) is 88.1. The number of hydrogen-bond acceptors (Lipinski definition) is 15. The Balaban J connectivity index is 5.20. The van der Waals surface area contributed by atoms with Crippen LogP contribution in [0.15, 0.2) is 0 Å². The third kappa shape index (κ3) is 62.2. The molecule has 0 aliphatic rings. The van der Waals surface area contributed by atoms with Crippen LogP contribution in [-0.2, 0) is 65.4 Å². The van der Waals surface area contributed by atoms with Gasteiger partial charge in [0.1, 0.15) is 19.3 Å². The normalized spacial score (nSPS) is 14.9. The summed E-state index contributed by atoms with van der Waals surface area (Å²) in [5.41, 5.74) is 0. The molecule has 0 fully saturated rings. The lowest BCUT2D eigenvalue weighted by Gasteiger charge is -2.21. The molecule has 90 heavy (non-hydrogen) atoms. The molecule has 3 N–H and O–H groups in total. The van der Waals surface area contributed by atoms with E-state index in [1.54, 1.807) is 0 Å². The van der Waals surface area contributed by atoms with Crippen LogP contribution >= 0.6 is 15.6 Å². The van der Waals surface area contributed by atoms with Crippen molar-refractivity contribution in [2.45, 2.75) is 369 Å². The molecule has 0 aromatic carbocycles. The summed E-state index contributed by atoms with van der Waals surface area (Å²) in [6.07, 6.45) is 43.2. The van der Waals surface area contributed by atoms with Crippen LogP contribution in [0.1, 0.15) is 351 Å². The third-order valence-electron chi connectivity index (χ3n) is 17.0. The molecule has 17 nitrogen and oxygen atoms in total. The third-order valence-corrected chi connectivity index (χ3v) is 18.9. The smallest absolute Gasteiger partial charge is 0.462 e. The Morgan fingerprint density at radius 2 is 0.533 bits per heavy atom. The Hall–Kier alpha value is -1.94. The van der Waals surface area contributed by atoms with Crippen LogP contribution in [-0.4, -0.2) is 96.7 Å². The maximum atomic E-state index is 13.0. The topological polar surface area (TPSA) is 237 Å². The molecular weight excluding hydrogens is 1190 g/mol. The van der Waals surface area contributed by atoms with Crippen molar-refractivity contribution >= 4 is 39.5 Å². The molecule has 0 saturated heterocycles. The second-order valence-electron chi connectivity index (χ2n) is 27.1. The predicted molar refractivity (Wildman–Crippen MR) is 363 cm³/mol. The summed E-state index contributed by atoms with van der Waals surface area (Å²) in [5, 5.41) is 10.6. The lowest BCUT2D eigenvalue weighted by molar-refractivity contribution is -0.161. The second kappa shape index (κ2) is 60.7. The maximum absolute atomic E-state index is 13.0. The van der Waals surface area contributed by atoms with Crippen LogP contribution in [0, 0.1) is 23.7 Å². The van der Waals surface area contributed by atoms with Gasteiger partial charge in [-0.3, -0.25) is 37.3 Å². The van der Waals surface area contributed by atoms with Crippen molar-refractivity contribution in [3.8, 4) is 0 Å². The van der Waals surface area contributed by atoms with E-state index >= 15 is 0 Å². The van der Waals surface area contributed by atoms with E-state index in [-0.39, 0.29) is 25.7 Å². The van der Waals surface area contributed by atoms with Gasteiger partial charge in [-0.25, -0.2) is 9.13 Å². The van der Waals surface area contributed by atoms with Gasteiger partial charge in [-0.2, -0.15) is 0 Å². The van der Waals surface area contributed by atoms with E-state index in [0.29, 0.717) is 31.6 Å². The zero-order valence-corrected chi connectivity index (χ0v) is 60.6. The number of carbonyl (C=O) groups excluding carboxylic acids is 4. The van der Waals surface area contributed by atoms with Gasteiger partial charge >= 0.3 is 39.5 Å². The number of phosphoric acid groups is 2. The summed E-state index contributed by atoms with van der Waals surface area (Å²) in [6, 6.07) is 0. The zero-order valence-electron chi connectivity index (χ0n) is 58.8. The molecule has 0 aliphatic carbocycles. The summed E-state index contributed by atoms with van der Waals surface area (Å²) in [6.45, 7) is 14.1. The fourth-order valence-corrected chi connectivity index (χ4v) is 12.2. The number of phosphoric ester groups is 2. The number of carbonyl (C=O) groups is 4. The Morgan fingerprint density at radius 3 is 0.789 bits per heavy atom. The lowest BCUT2D eigenvalue weighted by Crippen LogP contribution is -2.30. The Bertz CT molecular complexity index is 1790. The van der Waals surface area contributed by atoms with Crippen molar-refractivity contribution in [2.75, 3.05) is 39.6 Å². The summed E-state index contributed by atoms with van der Waals surface area (Å²) in [5.74, 6) is 0.870. The standard InChI is InChI=1S/C71H138O17P2/c1-9-63(7)49-41-33-25-20-21-27-37-45-53-70(75)87-67(58-82-69(74)52-44-36-30-29-34-42-50-64(8)10-2)60-86-90(79,80)84-56-65(72)55-83-89(77,78)85-59-66(88-71(76)54-46-38-28-22-24-32-40-48-62(5)6)57-81-68(73)51-43-35-26-19-17-15-13-11-12-14-16-18-23-31-39-47-61(3)4/h61-67,72H,9-60H2,1-8H3,(H,77,78)(H,79,80)/t63?,64?,65-,66-,67-/m1/s1. The fraction of sp³-hybridized carbons (Fsp3) is 0.944. The number of unbranched alkanes of at least 4 members (excludes halogenated alkanes) is 32. The SMILES string of the molecule is CCC(C)CCCCCCCCCCC(=O)O[C@H](COC(=O)CCCCCCCCC(C)CC)COP(=O)(O)OC[C@H](O)COP(=O)(O)OC[C@@H](COC(=O)CCCCCCCCCCCCCCCCCC(C)C)OC(=O)CCCCCCCCCC(C)C. The van der Waals surface area contributed by atoms with Crippen LogP contribution < -0.4 is 0 Å². The number of ether oxygens (including phenoxy) is 4. The van der Waals surface area contributed by atoms with E-state index in [9.17, 15) is 43.2 Å². The fourth-order valence-electron chi connectivity index (χ4n) is 10.6. The highest BCUT2D eigenvalue weighted by molar-refractivity contribution is 7.47. The van der Waals surface area contributed by atoms with Crippen molar-refractivity contribution in [1.82, 2.24) is 0 Å². The first-order chi connectivity index (χ1) is 43.2. The molecule has 534 valence electrons. The van der Waals surface area contributed by atoms with Gasteiger partial charge in [0, 0.05) is 25.7 Å². The molecule has 0 aromatic heterocycles. The highest BCUT2D eigenvalue weighted by atomic mass is 31.2. The maximum Gasteiger partial charge on any atom is 0.472 e. The molecule has 0 spiro atoms. The average Bonchev–Trinajstić information content (AvgIpc) is 3.68. The Labute approximate surface area is 549 Å². The second-order valence-corrected chi connectivity index (χ2v) is 30.0. The van der Waals surface area contributed by atoms with E-state index < -0.39 is 97.5 Å². The number of esters is 4. The molecule has 19 heteroatoms. The molecular formula is C71H138O17P2. The van der Waals surface area contributed by atoms with E-state index in [0.717, 1.165) is 114 Å². The largest absolute Gasteiger partial charge is 0.472 e. The molecule has 4 unspecified atom stereocenters. The van der Waals surface area contributed by atoms with E-state index in [2.05, 4.69) is 55.4 Å². The van der Waals surface area contributed by atoms with E-state index in [1.807, 2.05) is 0 Å². The minimum atomic E-state index is -4.95. The van der Waals surface area contributed by atoms with Crippen molar-refractivity contribution in [3.63, 3.8) is 0 Å². The summed E-state index contributed by atoms with van der Waals surface area (Å²) < 4.78 is 68.3. The molecule has 7 atom stereocenters. The van der Waals surface area contributed by atoms with Crippen LogP contribution in [0.2, 0.25) is 0 Å². The van der Waals surface area contributed by atoms with Crippen LogP contribution in [0.3, 0.4) is 0 Å². The molecule has 0 aliphatic heterocycles. The predicted octanol–water partition coefficient (Wildman–Crippen LogP) is 20.1. The first-order valence-electron chi connectivity index (χ1n) is 36.8. The van der Waals surface area contributed by atoms with Crippen LogP contribution in [0.5, 0.6) is 0 Å². The molecule has 0 heterocycles. The molecule has 0 radical (unpaired) electrons. The molecule has 0 aromatic rings. The number of rotatable bonds is 68. The van der Waals surface area contributed by atoms with Crippen molar-refractivity contribution in [1.29, 1.82) is 0 Å². The Morgan fingerprint density at radius 1 is 0.311 bits per heavy atom. The lowest BCUT2D eigenvalue weighted by atomic mass is 9.99. The van der Waals surface area contributed by atoms with Gasteiger partial charge in [0.25, 0.3) is 0 Å². The molecule has 0 saturated carbocycles. The van der Waals surface area contributed by atoms with Gasteiger partial charge in [-0.1, -0.05) is 299 Å². The number of aliphatic hydroxyl groups is 1. The molecule has 0 rings (SSSR count). The zero-order chi connectivity index (χ0) is 66.8. The monoisotopic (exact) mass is 1320 g/mol. The van der Waals surface area contributed by atoms with Gasteiger partial charge in [0.15, 0.2) is 12.2 Å². The highest BCUT2D eigenvalue weighted by Gasteiger charge is 2.30. The summed E-state index contributed by atoms with van der Waals surface area (Å²) in [7, 11) is -9.90. The van der Waals surface area contributed by atoms with Crippen LogP contribution in [0.4, 0.5) is 0 Å². The van der Waals surface area contributed by atoms with Gasteiger partial charge in [-0.05, 0) is 49.4 Å². The Kier molecular flexibility index (Phi) is 59.4. The van der Waals surface area contributed by atoms with Gasteiger partial charge < -0.3 is 33.8 Å². The quantitative estimate of drug-likeness (QED) is 0.0222. The van der Waals surface area contributed by atoms with Crippen LogP contribution in [0.25, 0.3) is 0 Å².